The summed E-state index contributed by atoms with van der Waals surface area (Å²) in [4.78, 5) is 0. The van der Waals surface area contributed by atoms with Crippen molar-refractivity contribution < 1.29 is 0 Å². The van der Waals surface area contributed by atoms with Gasteiger partial charge in [0, 0.05) is 10.2 Å². The van der Waals surface area contributed by atoms with Gasteiger partial charge in [-0.3, -0.25) is 0 Å². The molecule has 0 aromatic heterocycles. The molecule has 0 heterocycles. The van der Waals surface area contributed by atoms with E-state index < -0.39 is 0 Å². The Bertz CT molecular complexity index is 600. The minimum absolute atomic E-state index is 0.670. The summed E-state index contributed by atoms with van der Waals surface area (Å²) >= 11 is 13.0. The van der Waals surface area contributed by atoms with Gasteiger partial charge in [0.25, 0.3) is 0 Å². The molecular formula is C13H11Br2ClN2. The lowest BCUT2D eigenvalue weighted by Gasteiger charge is -2.13. The lowest BCUT2D eigenvalue weighted by molar-refractivity contribution is 1.43. The molecule has 0 fully saturated rings. The van der Waals surface area contributed by atoms with E-state index in [0.29, 0.717) is 5.02 Å². The first-order valence-corrected chi connectivity index (χ1v) is 7.22. The number of aryl methyl sites for hydroxylation is 1. The minimum atomic E-state index is 0.670. The van der Waals surface area contributed by atoms with Gasteiger partial charge in [0.2, 0.25) is 0 Å². The molecule has 18 heavy (non-hydrogen) atoms. The van der Waals surface area contributed by atoms with Crippen molar-refractivity contribution in [3.8, 4) is 0 Å². The molecule has 0 aliphatic heterocycles. The Hall–Kier alpha value is -0.710. The zero-order valence-corrected chi connectivity index (χ0v) is 13.5. The Morgan fingerprint density at radius 2 is 1.89 bits per heavy atom. The van der Waals surface area contributed by atoms with Gasteiger partial charge in [0.1, 0.15) is 0 Å². The molecule has 2 rings (SSSR count). The second-order valence-electron chi connectivity index (χ2n) is 3.92. The SMILES string of the molecule is Cc1cc(Nc2cccc(Cl)c2Br)c(Br)cc1N. The largest absolute Gasteiger partial charge is 0.398 e. The molecule has 0 saturated carbocycles. The van der Waals surface area contributed by atoms with Gasteiger partial charge in [-0.05, 0) is 68.6 Å². The van der Waals surface area contributed by atoms with Crippen LogP contribution in [0.25, 0.3) is 0 Å². The first kappa shape index (κ1) is 13.7. The number of hydrogen-bond donors (Lipinski definition) is 2. The van der Waals surface area contributed by atoms with Crippen molar-refractivity contribution in [3.05, 3.63) is 49.9 Å². The van der Waals surface area contributed by atoms with E-state index in [0.717, 1.165) is 31.6 Å². The molecular weight excluding hydrogens is 379 g/mol. The van der Waals surface area contributed by atoms with E-state index in [2.05, 4.69) is 37.2 Å². The van der Waals surface area contributed by atoms with Crippen LogP contribution in [0, 0.1) is 6.92 Å². The van der Waals surface area contributed by atoms with Crippen LogP contribution < -0.4 is 11.1 Å². The third-order valence-corrected chi connectivity index (χ3v) is 4.63. The molecule has 0 radical (unpaired) electrons. The number of nitrogens with two attached hydrogens (primary N) is 1. The van der Waals surface area contributed by atoms with Crippen molar-refractivity contribution in [2.75, 3.05) is 11.1 Å². The molecule has 5 heteroatoms. The van der Waals surface area contributed by atoms with Gasteiger partial charge in [-0.25, -0.2) is 0 Å². The summed E-state index contributed by atoms with van der Waals surface area (Å²) in [6, 6.07) is 9.56. The van der Waals surface area contributed by atoms with E-state index in [1.807, 2.05) is 37.3 Å². The maximum atomic E-state index is 6.06. The smallest absolute Gasteiger partial charge is 0.0596 e. The van der Waals surface area contributed by atoms with E-state index in [1.54, 1.807) is 0 Å². The fourth-order valence-corrected chi connectivity index (χ4v) is 2.54. The highest BCUT2D eigenvalue weighted by atomic mass is 79.9. The second kappa shape index (κ2) is 5.51. The Balaban J connectivity index is 2.40. The van der Waals surface area contributed by atoms with E-state index in [1.165, 1.54) is 0 Å². The predicted octanol–water partition coefficient (Wildman–Crippen LogP) is 5.50. The Morgan fingerprint density at radius 1 is 1.17 bits per heavy atom. The molecule has 0 saturated heterocycles. The third kappa shape index (κ3) is 2.82. The monoisotopic (exact) mass is 388 g/mol. The van der Waals surface area contributed by atoms with Crippen molar-refractivity contribution in [2.24, 2.45) is 0 Å². The van der Waals surface area contributed by atoms with Crippen LogP contribution >= 0.6 is 43.5 Å². The van der Waals surface area contributed by atoms with Crippen LogP contribution in [0.2, 0.25) is 5.02 Å². The van der Waals surface area contributed by atoms with Gasteiger partial charge in [-0.15, -0.1) is 0 Å². The van der Waals surface area contributed by atoms with Crippen LogP contribution in [0.15, 0.2) is 39.3 Å². The molecule has 0 amide bonds. The minimum Gasteiger partial charge on any atom is -0.398 e. The lowest BCUT2D eigenvalue weighted by atomic mass is 10.2. The summed E-state index contributed by atoms with van der Waals surface area (Å²) in [6.07, 6.45) is 0. The number of halogens is 3. The molecule has 2 nitrogen and oxygen atoms in total. The number of anilines is 3. The molecule has 94 valence electrons. The van der Waals surface area contributed by atoms with Gasteiger partial charge in [-0.1, -0.05) is 17.7 Å². The third-order valence-electron chi connectivity index (χ3n) is 2.58. The van der Waals surface area contributed by atoms with Crippen molar-refractivity contribution >= 4 is 60.5 Å². The molecule has 3 N–H and O–H groups in total. The summed E-state index contributed by atoms with van der Waals surface area (Å²) in [7, 11) is 0. The maximum absolute atomic E-state index is 6.06. The Morgan fingerprint density at radius 3 is 2.61 bits per heavy atom. The topological polar surface area (TPSA) is 38.0 Å². The molecule has 0 aliphatic rings. The fraction of sp³-hybridized carbons (Fsp3) is 0.0769. The summed E-state index contributed by atoms with van der Waals surface area (Å²) in [5, 5.41) is 3.99. The van der Waals surface area contributed by atoms with Gasteiger partial charge >= 0.3 is 0 Å². The number of nitrogen functional groups attached to an aromatic ring is 1. The fourth-order valence-electron chi connectivity index (χ4n) is 1.54. The predicted molar refractivity (Wildman–Crippen MR) is 85.7 cm³/mol. The van der Waals surface area contributed by atoms with Crippen LogP contribution in [0.3, 0.4) is 0 Å². The zero-order valence-electron chi connectivity index (χ0n) is 9.60. The van der Waals surface area contributed by atoms with Crippen molar-refractivity contribution in [3.63, 3.8) is 0 Å². The van der Waals surface area contributed by atoms with Crippen LogP contribution in [0.1, 0.15) is 5.56 Å². The molecule has 2 aromatic rings. The Kier molecular flexibility index (Phi) is 4.20. The molecule has 0 aliphatic carbocycles. The van der Waals surface area contributed by atoms with Crippen LogP contribution in [0.4, 0.5) is 17.1 Å². The molecule has 0 unspecified atom stereocenters. The Labute approximate surface area is 128 Å². The summed E-state index contributed by atoms with van der Waals surface area (Å²) in [5.41, 5.74) is 9.50. The van der Waals surface area contributed by atoms with Crippen molar-refractivity contribution in [1.82, 2.24) is 0 Å². The van der Waals surface area contributed by atoms with E-state index in [-0.39, 0.29) is 0 Å². The molecule has 0 bridgehead atoms. The van der Waals surface area contributed by atoms with Gasteiger partial charge in [0.15, 0.2) is 0 Å². The highest BCUT2D eigenvalue weighted by molar-refractivity contribution is 9.11. The van der Waals surface area contributed by atoms with Gasteiger partial charge in [0.05, 0.1) is 20.9 Å². The number of rotatable bonds is 2. The average molecular weight is 391 g/mol. The number of nitrogens with one attached hydrogen (secondary N) is 1. The van der Waals surface area contributed by atoms with Crippen molar-refractivity contribution in [1.29, 1.82) is 0 Å². The lowest BCUT2D eigenvalue weighted by Crippen LogP contribution is -1.96. The molecule has 0 atom stereocenters. The standard InChI is InChI=1S/C13H11Br2ClN2/c1-7-5-12(8(14)6-10(7)17)18-11-4-2-3-9(16)13(11)15/h2-6,18H,17H2,1H3. The number of benzene rings is 2. The van der Waals surface area contributed by atoms with Crippen LogP contribution in [0.5, 0.6) is 0 Å². The second-order valence-corrected chi connectivity index (χ2v) is 5.97. The van der Waals surface area contributed by atoms with Gasteiger partial charge < -0.3 is 11.1 Å². The van der Waals surface area contributed by atoms with Crippen LogP contribution in [-0.4, -0.2) is 0 Å². The molecule has 0 spiro atoms. The van der Waals surface area contributed by atoms with Crippen molar-refractivity contribution in [2.45, 2.75) is 6.92 Å². The van der Waals surface area contributed by atoms with E-state index in [9.17, 15) is 0 Å². The summed E-state index contributed by atoms with van der Waals surface area (Å²) in [5.74, 6) is 0. The van der Waals surface area contributed by atoms with E-state index >= 15 is 0 Å². The first-order valence-electron chi connectivity index (χ1n) is 5.25. The molecule has 2 aromatic carbocycles. The summed E-state index contributed by atoms with van der Waals surface area (Å²) in [6.45, 7) is 1.97. The number of hydrogen-bond acceptors (Lipinski definition) is 2. The quantitative estimate of drug-likeness (QED) is 0.665. The highest BCUT2D eigenvalue weighted by Crippen LogP contribution is 2.35. The average Bonchev–Trinajstić information content (AvgIpc) is 2.32. The van der Waals surface area contributed by atoms with E-state index in [4.69, 9.17) is 17.3 Å². The summed E-state index contributed by atoms with van der Waals surface area (Å²) < 4.78 is 1.76. The maximum Gasteiger partial charge on any atom is 0.0596 e. The highest BCUT2D eigenvalue weighted by Gasteiger charge is 2.07. The zero-order chi connectivity index (χ0) is 13.3. The normalized spacial score (nSPS) is 10.4. The van der Waals surface area contributed by atoms with Crippen LogP contribution in [-0.2, 0) is 0 Å². The first-order chi connectivity index (χ1) is 8.49. The van der Waals surface area contributed by atoms with Gasteiger partial charge in [-0.2, -0.15) is 0 Å².